The number of nitrogens with zero attached hydrogens (tertiary/aromatic N) is 4. The average molecular weight is 383 g/mol. The number of pyridine rings is 1. The van der Waals surface area contributed by atoms with E-state index in [0.717, 1.165) is 28.6 Å². The lowest BCUT2D eigenvalue weighted by atomic mass is 10.1. The van der Waals surface area contributed by atoms with E-state index in [1.54, 1.807) is 17.3 Å². The molecular weight excluding hydrogens is 362 g/mol. The zero-order valence-corrected chi connectivity index (χ0v) is 15.8. The maximum atomic E-state index is 13.1. The van der Waals surface area contributed by atoms with Crippen molar-refractivity contribution in [1.82, 2.24) is 19.9 Å². The number of hydrogen-bond acceptors (Lipinski definition) is 7. The topological polar surface area (TPSA) is 91.2 Å². The SMILES string of the molecule is CC(Nc1nc(C(=O)N2CCC[C@H]2CO)c2sccc2n1)c1cccnc1. The van der Waals surface area contributed by atoms with Gasteiger partial charge < -0.3 is 15.3 Å². The fourth-order valence-electron chi connectivity index (χ4n) is 3.41. The number of hydrogen-bond donors (Lipinski definition) is 2. The summed E-state index contributed by atoms with van der Waals surface area (Å²) in [6, 6.07) is 5.58. The van der Waals surface area contributed by atoms with Gasteiger partial charge in [0, 0.05) is 18.9 Å². The Morgan fingerprint density at radius 1 is 1.44 bits per heavy atom. The van der Waals surface area contributed by atoms with Crippen LogP contribution >= 0.6 is 11.3 Å². The molecule has 2 atom stereocenters. The zero-order chi connectivity index (χ0) is 18.8. The largest absolute Gasteiger partial charge is 0.394 e. The summed E-state index contributed by atoms with van der Waals surface area (Å²) in [6.45, 7) is 2.63. The third-order valence-electron chi connectivity index (χ3n) is 4.88. The summed E-state index contributed by atoms with van der Waals surface area (Å²) < 4.78 is 0.781. The van der Waals surface area contributed by atoms with Crippen molar-refractivity contribution >= 4 is 33.4 Å². The minimum atomic E-state index is -0.140. The second kappa shape index (κ2) is 7.58. The van der Waals surface area contributed by atoms with E-state index in [4.69, 9.17) is 0 Å². The van der Waals surface area contributed by atoms with E-state index < -0.39 is 0 Å². The van der Waals surface area contributed by atoms with Gasteiger partial charge in [-0.05, 0) is 42.8 Å². The highest BCUT2D eigenvalue weighted by Gasteiger charge is 2.31. The second-order valence-corrected chi connectivity index (χ2v) is 7.58. The highest BCUT2D eigenvalue weighted by Crippen LogP contribution is 2.28. The number of likely N-dealkylation sites (tertiary alicyclic amines) is 1. The summed E-state index contributed by atoms with van der Waals surface area (Å²) in [5.41, 5.74) is 2.16. The molecule has 0 aromatic carbocycles. The number of nitrogens with one attached hydrogen (secondary N) is 1. The van der Waals surface area contributed by atoms with Crippen LogP contribution in [-0.2, 0) is 0 Å². The molecule has 8 heteroatoms. The number of carbonyl (C=O) groups is 1. The highest BCUT2D eigenvalue weighted by atomic mass is 32.1. The lowest BCUT2D eigenvalue weighted by Crippen LogP contribution is -2.38. The Bertz CT molecular complexity index is 946. The van der Waals surface area contributed by atoms with Crippen LogP contribution in [0.15, 0.2) is 36.0 Å². The highest BCUT2D eigenvalue weighted by molar-refractivity contribution is 7.17. The van der Waals surface area contributed by atoms with Crippen molar-refractivity contribution in [3.63, 3.8) is 0 Å². The molecule has 3 aromatic heterocycles. The molecule has 0 aliphatic carbocycles. The van der Waals surface area contributed by atoms with Crippen molar-refractivity contribution in [3.05, 3.63) is 47.2 Å². The van der Waals surface area contributed by atoms with Gasteiger partial charge in [0.15, 0.2) is 5.69 Å². The Morgan fingerprint density at radius 3 is 3.11 bits per heavy atom. The monoisotopic (exact) mass is 383 g/mol. The molecule has 3 aromatic rings. The Hall–Kier alpha value is -2.58. The van der Waals surface area contributed by atoms with E-state index in [1.165, 1.54) is 11.3 Å². The van der Waals surface area contributed by atoms with Gasteiger partial charge in [0.25, 0.3) is 5.91 Å². The molecular formula is C19H21N5O2S. The third-order valence-corrected chi connectivity index (χ3v) is 5.80. The van der Waals surface area contributed by atoms with Crippen molar-refractivity contribution < 1.29 is 9.90 Å². The lowest BCUT2D eigenvalue weighted by Gasteiger charge is -2.23. The molecule has 140 valence electrons. The first-order chi connectivity index (χ1) is 13.2. The summed E-state index contributed by atoms with van der Waals surface area (Å²) in [7, 11) is 0. The van der Waals surface area contributed by atoms with Crippen LogP contribution in [0.25, 0.3) is 10.2 Å². The van der Waals surface area contributed by atoms with E-state index in [-0.39, 0.29) is 24.6 Å². The van der Waals surface area contributed by atoms with Crippen molar-refractivity contribution in [2.75, 3.05) is 18.5 Å². The van der Waals surface area contributed by atoms with Crippen LogP contribution in [-0.4, -0.2) is 50.1 Å². The van der Waals surface area contributed by atoms with Gasteiger partial charge in [-0.1, -0.05) is 6.07 Å². The van der Waals surface area contributed by atoms with Crippen molar-refractivity contribution in [2.45, 2.75) is 31.8 Å². The molecule has 4 heterocycles. The maximum absolute atomic E-state index is 13.1. The van der Waals surface area contributed by atoms with Gasteiger partial charge in [0.05, 0.1) is 28.9 Å². The standard InChI is InChI=1S/C19H21N5O2S/c1-12(13-4-2-7-20-10-13)21-19-22-15-6-9-27-17(15)16(23-19)18(26)24-8-3-5-14(24)11-25/h2,4,6-7,9-10,12,14,25H,3,5,8,11H2,1H3,(H,21,22,23)/t12?,14-/m0/s1. The van der Waals surface area contributed by atoms with E-state index in [9.17, 15) is 9.90 Å². The normalized spacial score (nSPS) is 18.0. The first-order valence-corrected chi connectivity index (χ1v) is 9.89. The number of anilines is 1. The number of thiophene rings is 1. The number of carbonyl (C=O) groups excluding carboxylic acids is 1. The van der Waals surface area contributed by atoms with E-state index in [1.807, 2.05) is 30.5 Å². The minimum Gasteiger partial charge on any atom is -0.394 e. The lowest BCUT2D eigenvalue weighted by molar-refractivity contribution is 0.0674. The van der Waals surface area contributed by atoms with Crippen LogP contribution in [0.3, 0.4) is 0 Å². The molecule has 0 bridgehead atoms. The molecule has 7 nitrogen and oxygen atoms in total. The Balaban J connectivity index is 1.67. The van der Waals surface area contributed by atoms with Crippen LogP contribution in [0.1, 0.15) is 41.9 Å². The summed E-state index contributed by atoms with van der Waals surface area (Å²) in [6.07, 6.45) is 5.25. The van der Waals surface area contributed by atoms with Gasteiger partial charge in [-0.3, -0.25) is 9.78 Å². The molecule has 0 radical (unpaired) electrons. The van der Waals surface area contributed by atoms with Gasteiger partial charge in [0.1, 0.15) is 0 Å². The number of rotatable bonds is 5. The first kappa shape index (κ1) is 17.8. The van der Waals surface area contributed by atoms with Gasteiger partial charge in [0.2, 0.25) is 5.95 Å². The molecule has 0 spiro atoms. The van der Waals surface area contributed by atoms with Crippen LogP contribution in [0, 0.1) is 0 Å². The molecule has 1 aliphatic rings. The smallest absolute Gasteiger partial charge is 0.274 e. The summed E-state index contributed by atoms with van der Waals surface area (Å²) in [5, 5.41) is 14.8. The summed E-state index contributed by atoms with van der Waals surface area (Å²) in [4.78, 5) is 28.1. The quantitative estimate of drug-likeness (QED) is 0.704. The van der Waals surface area contributed by atoms with Crippen molar-refractivity contribution in [2.24, 2.45) is 0 Å². The maximum Gasteiger partial charge on any atom is 0.274 e. The fraction of sp³-hybridized carbons (Fsp3) is 0.368. The van der Waals surface area contributed by atoms with E-state index >= 15 is 0 Å². The Labute approximate surface area is 161 Å². The number of aromatic nitrogens is 3. The molecule has 1 unspecified atom stereocenters. The van der Waals surface area contributed by atoms with Crippen LogP contribution in [0.5, 0.6) is 0 Å². The van der Waals surface area contributed by atoms with Gasteiger partial charge in [-0.15, -0.1) is 11.3 Å². The van der Waals surface area contributed by atoms with Gasteiger partial charge in [-0.25, -0.2) is 9.97 Å². The molecule has 1 aliphatic heterocycles. The molecule has 27 heavy (non-hydrogen) atoms. The molecule has 1 fully saturated rings. The predicted molar refractivity (Wildman–Crippen MR) is 105 cm³/mol. The molecule has 4 rings (SSSR count). The third kappa shape index (κ3) is 3.50. The second-order valence-electron chi connectivity index (χ2n) is 6.66. The number of aliphatic hydroxyl groups is 1. The number of fused-ring (bicyclic) bond motifs is 1. The van der Waals surface area contributed by atoms with Gasteiger partial charge >= 0.3 is 0 Å². The summed E-state index contributed by atoms with van der Waals surface area (Å²) in [5.74, 6) is 0.277. The fourth-order valence-corrected chi connectivity index (χ4v) is 4.22. The summed E-state index contributed by atoms with van der Waals surface area (Å²) >= 11 is 1.46. The predicted octanol–water partition coefficient (Wildman–Crippen LogP) is 2.86. The first-order valence-electron chi connectivity index (χ1n) is 9.01. The zero-order valence-electron chi connectivity index (χ0n) is 15.0. The van der Waals surface area contributed by atoms with Crippen molar-refractivity contribution in [1.29, 1.82) is 0 Å². The Morgan fingerprint density at radius 2 is 2.33 bits per heavy atom. The minimum absolute atomic E-state index is 0.0203. The van der Waals surface area contributed by atoms with E-state index in [2.05, 4.69) is 20.3 Å². The number of amides is 1. The molecule has 1 saturated heterocycles. The Kier molecular flexibility index (Phi) is 5.00. The van der Waals surface area contributed by atoms with Gasteiger partial charge in [-0.2, -0.15) is 0 Å². The molecule has 2 N–H and O–H groups in total. The molecule has 1 amide bonds. The van der Waals surface area contributed by atoms with Crippen LogP contribution < -0.4 is 5.32 Å². The van der Waals surface area contributed by atoms with Crippen LogP contribution in [0.4, 0.5) is 5.95 Å². The van der Waals surface area contributed by atoms with E-state index in [0.29, 0.717) is 18.2 Å². The average Bonchev–Trinajstić information content (AvgIpc) is 3.36. The van der Waals surface area contributed by atoms with Crippen LogP contribution in [0.2, 0.25) is 0 Å². The molecule has 0 saturated carbocycles. The number of aliphatic hydroxyl groups excluding tert-OH is 1. The van der Waals surface area contributed by atoms with Crippen molar-refractivity contribution in [3.8, 4) is 0 Å².